The fraction of sp³-hybridized carbons (Fsp3) is 0.545. The van der Waals surface area contributed by atoms with Gasteiger partial charge in [0.05, 0.1) is 12.1 Å². The van der Waals surface area contributed by atoms with Crippen LogP contribution in [-0.4, -0.2) is 48.1 Å². The quantitative estimate of drug-likeness (QED) is 0.851. The second-order valence-corrected chi connectivity index (χ2v) is 7.61. The Labute approximate surface area is 116 Å². The van der Waals surface area contributed by atoms with E-state index in [1.165, 1.54) is 12.4 Å². The van der Waals surface area contributed by atoms with Crippen molar-refractivity contribution in [1.29, 1.82) is 0 Å². The number of hydrogen-bond acceptors (Lipinski definition) is 5. The molecule has 0 unspecified atom stereocenters. The Bertz CT molecular complexity index is 588. The summed E-state index contributed by atoms with van der Waals surface area (Å²) in [5.41, 5.74) is -0.619. The molecule has 8 heteroatoms. The maximum atomic E-state index is 12.5. The highest BCUT2D eigenvalue weighted by molar-refractivity contribution is 7.89. The van der Waals surface area contributed by atoms with Gasteiger partial charge in [0.15, 0.2) is 0 Å². The number of likely N-dealkylation sites (N-methyl/N-ethyl adjacent to an activating group) is 1. The summed E-state index contributed by atoms with van der Waals surface area (Å²) in [5, 5.41) is 19.8. The highest BCUT2D eigenvalue weighted by atomic mass is 32.2. The van der Waals surface area contributed by atoms with Crippen LogP contribution in [0.25, 0.3) is 0 Å². The average Bonchev–Trinajstić information content (AvgIpc) is 2.70. The normalized spacial score (nSPS) is 12.9. The molecular formula is C11H17NO5S2. The summed E-state index contributed by atoms with van der Waals surface area (Å²) in [7, 11) is -2.64. The Morgan fingerprint density at radius 2 is 2.00 bits per heavy atom. The molecule has 0 aliphatic rings. The van der Waals surface area contributed by atoms with Gasteiger partial charge in [0.1, 0.15) is 9.77 Å². The number of carboxylic acids is 1. The molecule has 0 saturated heterocycles. The third-order valence-corrected chi connectivity index (χ3v) is 6.44. The summed E-state index contributed by atoms with van der Waals surface area (Å²) >= 11 is 0.879. The zero-order valence-corrected chi connectivity index (χ0v) is 12.8. The number of hydrogen-bond donors (Lipinski definition) is 2. The monoisotopic (exact) mass is 307 g/mol. The van der Waals surface area contributed by atoms with Crippen LogP contribution in [0.1, 0.15) is 29.1 Å². The molecule has 1 aromatic rings. The van der Waals surface area contributed by atoms with Gasteiger partial charge in [-0.3, -0.25) is 0 Å². The molecule has 1 rings (SSSR count). The van der Waals surface area contributed by atoms with Crippen molar-refractivity contribution in [2.24, 2.45) is 0 Å². The largest absolute Gasteiger partial charge is 0.477 e. The van der Waals surface area contributed by atoms with E-state index in [9.17, 15) is 18.3 Å². The zero-order chi connectivity index (χ0) is 15.0. The van der Waals surface area contributed by atoms with Crippen molar-refractivity contribution in [2.75, 3.05) is 13.7 Å². The van der Waals surface area contributed by atoms with Gasteiger partial charge in [0.25, 0.3) is 0 Å². The second-order valence-electron chi connectivity index (χ2n) is 4.83. The number of aryl methyl sites for hydroxylation is 1. The number of rotatable bonds is 5. The van der Waals surface area contributed by atoms with Crippen molar-refractivity contribution in [3.63, 3.8) is 0 Å². The molecule has 0 saturated carbocycles. The summed E-state index contributed by atoms with van der Waals surface area (Å²) in [6.45, 7) is 4.31. The van der Waals surface area contributed by atoms with Crippen molar-refractivity contribution in [3.05, 3.63) is 15.8 Å². The first-order chi connectivity index (χ1) is 8.55. The second kappa shape index (κ2) is 5.20. The highest BCUT2D eigenvalue weighted by Gasteiger charge is 2.37. The predicted octanol–water partition coefficient (Wildman–Crippen LogP) is 1.15. The fourth-order valence-electron chi connectivity index (χ4n) is 1.46. The van der Waals surface area contributed by atoms with E-state index in [1.54, 1.807) is 20.8 Å². The summed E-state index contributed by atoms with van der Waals surface area (Å²) in [6.07, 6.45) is 0. The molecule has 0 atom stereocenters. The summed E-state index contributed by atoms with van der Waals surface area (Å²) in [5.74, 6) is -1.27. The first kappa shape index (κ1) is 16.1. The molecule has 1 heterocycles. The number of thiophene rings is 1. The lowest BCUT2D eigenvalue weighted by molar-refractivity contribution is 0.0697. The summed E-state index contributed by atoms with van der Waals surface area (Å²) < 4.78 is 26.0. The van der Waals surface area contributed by atoms with E-state index in [0.717, 1.165) is 15.6 Å². The van der Waals surface area contributed by atoms with Crippen LogP contribution in [0.2, 0.25) is 0 Å². The van der Waals surface area contributed by atoms with Crippen LogP contribution in [0.3, 0.4) is 0 Å². The molecule has 0 radical (unpaired) electrons. The number of aliphatic hydroxyl groups excluding tert-OH is 1. The van der Waals surface area contributed by atoms with Crippen molar-refractivity contribution in [2.45, 2.75) is 31.2 Å². The molecule has 108 valence electrons. The minimum absolute atomic E-state index is 0.200. The molecule has 0 amide bonds. The van der Waals surface area contributed by atoms with Crippen LogP contribution < -0.4 is 0 Å². The lowest BCUT2D eigenvalue weighted by Crippen LogP contribution is -2.47. The smallest absolute Gasteiger partial charge is 0.347 e. The Hall–Kier alpha value is -0.960. The van der Waals surface area contributed by atoms with Gasteiger partial charge in [-0.15, -0.1) is 11.3 Å². The highest BCUT2D eigenvalue weighted by Crippen LogP contribution is 2.31. The summed E-state index contributed by atoms with van der Waals surface area (Å²) in [4.78, 5) is 10.7. The van der Waals surface area contributed by atoms with Crippen molar-refractivity contribution < 1.29 is 23.4 Å². The Balaban J connectivity index is 3.45. The van der Waals surface area contributed by atoms with Crippen LogP contribution in [0, 0.1) is 6.92 Å². The number of aliphatic hydroxyl groups is 1. The summed E-state index contributed by atoms with van der Waals surface area (Å²) in [6, 6.07) is 0. The van der Waals surface area contributed by atoms with E-state index in [1.807, 2.05) is 0 Å². The lowest BCUT2D eigenvalue weighted by Gasteiger charge is -2.32. The van der Waals surface area contributed by atoms with Crippen molar-refractivity contribution >= 4 is 27.3 Å². The van der Waals surface area contributed by atoms with E-state index in [2.05, 4.69) is 0 Å². The van der Waals surface area contributed by atoms with Gasteiger partial charge in [-0.1, -0.05) is 0 Å². The van der Waals surface area contributed by atoms with Gasteiger partial charge in [-0.2, -0.15) is 4.31 Å². The van der Waals surface area contributed by atoms with Crippen molar-refractivity contribution in [3.8, 4) is 0 Å². The first-order valence-corrected chi connectivity index (χ1v) is 7.79. The number of aromatic carboxylic acids is 1. The third kappa shape index (κ3) is 2.81. The molecule has 19 heavy (non-hydrogen) atoms. The van der Waals surface area contributed by atoms with Gasteiger partial charge >= 0.3 is 5.97 Å². The Morgan fingerprint density at radius 1 is 1.47 bits per heavy atom. The molecule has 0 fully saturated rings. The minimum atomic E-state index is -3.97. The Morgan fingerprint density at radius 3 is 2.42 bits per heavy atom. The van der Waals surface area contributed by atoms with E-state index >= 15 is 0 Å². The van der Waals surface area contributed by atoms with Crippen molar-refractivity contribution in [1.82, 2.24) is 4.31 Å². The van der Waals surface area contributed by atoms with Crippen LogP contribution in [0.5, 0.6) is 0 Å². The van der Waals surface area contributed by atoms with Gasteiger partial charge in [-0.25, -0.2) is 13.2 Å². The molecular weight excluding hydrogens is 290 g/mol. The van der Waals surface area contributed by atoms with Gasteiger partial charge < -0.3 is 10.2 Å². The number of sulfonamides is 1. The minimum Gasteiger partial charge on any atom is -0.477 e. The van der Waals surface area contributed by atoms with Gasteiger partial charge in [-0.05, 0) is 31.7 Å². The molecule has 0 aliphatic heterocycles. The van der Waals surface area contributed by atoms with Crippen LogP contribution in [0.4, 0.5) is 0 Å². The predicted molar refractivity (Wildman–Crippen MR) is 72.1 cm³/mol. The molecule has 2 N–H and O–H groups in total. The molecule has 6 nitrogen and oxygen atoms in total. The molecule has 0 bridgehead atoms. The molecule has 0 spiro atoms. The van der Waals surface area contributed by atoms with E-state index in [0.29, 0.717) is 5.56 Å². The molecule has 0 aliphatic carbocycles. The van der Waals surface area contributed by atoms with Gasteiger partial charge in [0, 0.05) is 7.05 Å². The van der Waals surface area contributed by atoms with Gasteiger partial charge in [0.2, 0.25) is 10.0 Å². The van der Waals surface area contributed by atoms with E-state index < -0.39 is 21.5 Å². The van der Waals surface area contributed by atoms with Crippen LogP contribution >= 0.6 is 11.3 Å². The SMILES string of the molecule is Cc1csc(C(=O)O)c1S(=O)(=O)N(C)C(C)(C)CO. The first-order valence-electron chi connectivity index (χ1n) is 5.47. The van der Waals surface area contributed by atoms with E-state index in [4.69, 9.17) is 5.11 Å². The maximum absolute atomic E-state index is 12.5. The molecule has 0 aromatic carbocycles. The zero-order valence-electron chi connectivity index (χ0n) is 11.2. The number of carboxylic acid groups (broad SMARTS) is 1. The standard InChI is InChI=1S/C11H17NO5S2/c1-7-5-18-8(10(14)15)9(7)19(16,17)12(4)11(2,3)6-13/h5,13H,6H2,1-4H3,(H,14,15). The third-order valence-electron chi connectivity index (χ3n) is 2.97. The topological polar surface area (TPSA) is 94.9 Å². The average molecular weight is 307 g/mol. The van der Waals surface area contributed by atoms with E-state index in [-0.39, 0.29) is 16.4 Å². The maximum Gasteiger partial charge on any atom is 0.347 e. The van der Waals surface area contributed by atoms with Crippen LogP contribution in [-0.2, 0) is 10.0 Å². The van der Waals surface area contributed by atoms with Crippen LogP contribution in [0.15, 0.2) is 10.3 Å². The fourth-order valence-corrected chi connectivity index (χ4v) is 4.55. The number of nitrogens with zero attached hydrogens (tertiary/aromatic N) is 1. The number of carbonyl (C=O) groups is 1. The molecule has 1 aromatic heterocycles. The Kier molecular flexibility index (Phi) is 4.40. The lowest BCUT2D eigenvalue weighted by atomic mass is 10.1.